The number of aryl methyl sites for hydroxylation is 6. The standard InChI is InChI=1S/2C18H22N2S.C8H10S.C6H4ClI.C4H10N2.BrH/c2*1-14-7-8-17(15(2)13-14)21-18-6-4-3-5-16(18)20-11-9-19-10-12-20;1-6-3-4-8(9)7(2)5-6;7-5-3-1-2-4-6(5)8;1-2-6-4-3-5-1;/h2*3-8,13,19H,9-12H2,1-2H3;3-5,9H,1-2H3;1-4H;5-6H,1-4H2;1H. The van der Waals surface area contributed by atoms with Crippen LogP contribution in [0.2, 0.25) is 5.02 Å². The van der Waals surface area contributed by atoms with E-state index in [1.165, 1.54) is 64.3 Å². The normalized spacial score (nSPS) is 14.3. The maximum atomic E-state index is 5.70. The van der Waals surface area contributed by atoms with Gasteiger partial charge in [-0.2, -0.15) is 0 Å². The van der Waals surface area contributed by atoms with Crippen molar-refractivity contribution in [2.24, 2.45) is 0 Å². The van der Waals surface area contributed by atoms with Gasteiger partial charge in [0, 0.05) is 107 Å². The van der Waals surface area contributed by atoms with Crippen molar-refractivity contribution in [1.29, 1.82) is 0 Å². The van der Waals surface area contributed by atoms with E-state index in [1.807, 2.05) is 53.9 Å². The van der Waals surface area contributed by atoms with Crippen LogP contribution in [0.5, 0.6) is 0 Å². The Morgan fingerprint density at radius 2 is 0.818 bits per heavy atom. The molecule has 0 unspecified atom stereocenters. The van der Waals surface area contributed by atoms with Gasteiger partial charge in [-0.05, 0) is 135 Å². The first-order chi connectivity index (χ1) is 31.5. The second-order valence-electron chi connectivity index (χ2n) is 16.4. The highest BCUT2D eigenvalue weighted by atomic mass is 127. The quantitative estimate of drug-likeness (QED) is 0.0836. The molecule has 0 aromatic heterocycles. The molecule has 354 valence electrons. The fraction of sp³-hybridized carbons (Fsp3) is 0.333. The smallest absolute Gasteiger partial charge is 0.0539 e. The second kappa shape index (κ2) is 30.7. The number of para-hydroxylation sites is 2. The molecule has 6 aromatic carbocycles. The number of halogens is 3. The molecule has 3 aliphatic heterocycles. The molecule has 4 N–H and O–H groups in total. The van der Waals surface area contributed by atoms with Crippen molar-refractivity contribution < 1.29 is 0 Å². The molecule has 3 heterocycles. The van der Waals surface area contributed by atoms with E-state index in [9.17, 15) is 0 Å². The van der Waals surface area contributed by atoms with Crippen molar-refractivity contribution in [2.75, 3.05) is 88.3 Å². The highest BCUT2D eigenvalue weighted by Gasteiger charge is 2.16. The van der Waals surface area contributed by atoms with E-state index in [2.05, 4.69) is 205 Å². The molecule has 12 heteroatoms. The number of thiol groups is 1. The molecule has 0 saturated carbocycles. The SMILES string of the molecule is Br.C1CNCCN1.Cc1ccc(S)c(C)c1.Cc1ccc(Sc2ccccc2N2CCNCC2)c(C)c1.Cc1ccc(Sc2ccccc2N2CCNCC2)c(C)c1.Clc1ccccc1I. The summed E-state index contributed by atoms with van der Waals surface area (Å²) in [5, 5.41) is 14.1. The van der Waals surface area contributed by atoms with Crippen molar-refractivity contribution in [2.45, 2.75) is 66.0 Å². The zero-order chi connectivity index (χ0) is 46.4. The average molecular weight is 1140 g/mol. The summed E-state index contributed by atoms with van der Waals surface area (Å²) < 4.78 is 1.10. The summed E-state index contributed by atoms with van der Waals surface area (Å²) in [4.78, 5) is 11.5. The first-order valence-electron chi connectivity index (χ1n) is 22.7. The number of benzene rings is 6. The first-order valence-corrected chi connectivity index (χ1v) is 26.2. The Hall–Kier alpha value is -2.69. The summed E-state index contributed by atoms with van der Waals surface area (Å²) in [6.07, 6.45) is 0. The lowest BCUT2D eigenvalue weighted by molar-refractivity contribution is 0.534. The molecule has 0 bridgehead atoms. The Bertz CT molecular complexity index is 2210. The average Bonchev–Trinajstić information content (AvgIpc) is 3.33. The van der Waals surface area contributed by atoms with Crippen LogP contribution in [-0.4, -0.2) is 78.5 Å². The number of anilines is 2. The topological polar surface area (TPSA) is 54.6 Å². The lowest BCUT2D eigenvalue weighted by atomic mass is 10.2. The monoisotopic (exact) mass is 1140 g/mol. The van der Waals surface area contributed by atoms with E-state index < -0.39 is 0 Å². The fourth-order valence-electron chi connectivity index (χ4n) is 7.33. The molecule has 3 fully saturated rings. The van der Waals surface area contributed by atoms with Gasteiger partial charge in [0.15, 0.2) is 0 Å². The van der Waals surface area contributed by atoms with Crippen LogP contribution in [-0.2, 0) is 0 Å². The van der Waals surface area contributed by atoms with Gasteiger partial charge in [-0.3, -0.25) is 0 Å². The van der Waals surface area contributed by atoms with E-state index in [1.54, 1.807) is 0 Å². The Labute approximate surface area is 439 Å². The van der Waals surface area contributed by atoms with Crippen LogP contribution >= 0.6 is 87.3 Å². The first kappa shape index (κ1) is 55.9. The van der Waals surface area contributed by atoms with Gasteiger partial charge in [-0.25, -0.2) is 0 Å². The minimum atomic E-state index is 0. The van der Waals surface area contributed by atoms with E-state index >= 15 is 0 Å². The van der Waals surface area contributed by atoms with Crippen molar-refractivity contribution in [3.63, 3.8) is 0 Å². The van der Waals surface area contributed by atoms with Gasteiger partial charge in [-0.15, -0.1) is 29.6 Å². The Kier molecular flexibility index (Phi) is 26.0. The Morgan fingerprint density at radius 1 is 0.455 bits per heavy atom. The van der Waals surface area contributed by atoms with Crippen LogP contribution in [0, 0.1) is 45.1 Å². The summed E-state index contributed by atoms with van der Waals surface area (Å²) in [6.45, 7) is 26.0. The van der Waals surface area contributed by atoms with Gasteiger partial charge in [0.25, 0.3) is 0 Å². The van der Waals surface area contributed by atoms with Crippen LogP contribution in [0.3, 0.4) is 0 Å². The number of hydrogen-bond acceptors (Lipinski definition) is 9. The number of nitrogens with zero attached hydrogens (tertiary/aromatic N) is 2. The molecule has 9 rings (SSSR count). The van der Waals surface area contributed by atoms with Crippen LogP contribution in [0.4, 0.5) is 11.4 Å². The third-order valence-corrected chi connectivity index (χ3v) is 15.5. The van der Waals surface area contributed by atoms with Crippen LogP contribution in [0.1, 0.15) is 33.4 Å². The largest absolute Gasteiger partial charge is 0.368 e. The minimum absolute atomic E-state index is 0. The summed E-state index contributed by atoms with van der Waals surface area (Å²) >= 11 is 15.9. The summed E-state index contributed by atoms with van der Waals surface area (Å²) in [7, 11) is 0. The molecule has 0 amide bonds. The van der Waals surface area contributed by atoms with Gasteiger partial charge in [-0.1, -0.05) is 125 Å². The zero-order valence-electron chi connectivity index (χ0n) is 39.4. The maximum Gasteiger partial charge on any atom is 0.0539 e. The van der Waals surface area contributed by atoms with Crippen molar-refractivity contribution in [3.8, 4) is 0 Å². The minimum Gasteiger partial charge on any atom is -0.368 e. The van der Waals surface area contributed by atoms with Crippen LogP contribution in [0.15, 0.2) is 152 Å². The fourth-order valence-corrected chi connectivity index (χ4v) is 10.1. The van der Waals surface area contributed by atoms with Gasteiger partial charge in [0.2, 0.25) is 0 Å². The Morgan fingerprint density at radius 3 is 1.17 bits per heavy atom. The number of rotatable bonds is 6. The van der Waals surface area contributed by atoms with E-state index in [-0.39, 0.29) is 17.0 Å². The van der Waals surface area contributed by atoms with Gasteiger partial charge in [0.05, 0.1) is 16.4 Å². The molecule has 0 spiro atoms. The molecule has 3 saturated heterocycles. The molecular weight excluding hydrogens is 1070 g/mol. The molecule has 0 atom stereocenters. The molecule has 6 aromatic rings. The zero-order valence-corrected chi connectivity index (χ0v) is 46.6. The third-order valence-electron chi connectivity index (χ3n) is 10.9. The molecule has 3 aliphatic rings. The number of piperazine rings is 3. The van der Waals surface area contributed by atoms with Crippen molar-refractivity contribution >= 4 is 98.7 Å². The highest BCUT2D eigenvalue weighted by Crippen LogP contribution is 2.38. The van der Waals surface area contributed by atoms with E-state index in [0.29, 0.717) is 0 Å². The predicted octanol–water partition coefficient (Wildman–Crippen LogP) is 13.0. The molecule has 0 radical (unpaired) electrons. The van der Waals surface area contributed by atoms with Crippen LogP contribution < -0.4 is 31.1 Å². The number of nitrogens with one attached hydrogen (secondary N) is 4. The Balaban J connectivity index is 0.000000196. The lowest BCUT2D eigenvalue weighted by Crippen LogP contribution is -2.43. The predicted molar refractivity (Wildman–Crippen MR) is 307 cm³/mol. The molecular formula is C54H69BrClIN6S3. The molecule has 66 heavy (non-hydrogen) atoms. The second-order valence-corrected chi connectivity index (χ2v) is 20.6. The number of hydrogen-bond donors (Lipinski definition) is 5. The van der Waals surface area contributed by atoms with Gasteiger partial charge < -0.3 is 31.1 Å². The van der Waals surface area contributed by atoms with E-state index in [0.717, 1.165) is 92.0 Å². The van der Waals surface area contributed by atoms with Gasteiger partial charge in [0.1, 0.15) is 0 Å². The lowest BCUT2D eigenvalue weighted by Gasteiger charge is -2.31. The maximum absolute atomic E-state index is 5.70. The van der Waals surface area contributed by atoms with Crippen molar-refractivity contribution in [3.05, 3.63) is 169 Å². The summed E-state index contributed by atoms with van der Waals surface area (Å²) in [5.74, 6) is 0. The summed E-state index contributed by atoms with van der Waals surface area (Å²) in [5.41, 5.74) is 10.6. The molecule has 0 aliphatic carbocycles. The van der Waals surface area contributed by atoms with E-state index in [4.69, 9.17) is 11.6 Å². The summed E-state index contributed by atoms with van der Waals surface area (Å²) in [6, 6.07) is 44.9. The van der Waals surface area contributed by atoms with Crippen LogP contribution in [0.25, 0.3) is 0 Å². The van der Waals surface area contributed by atoms with Gasteiger partial charge >= 0.3 is 0 Å². The third kappa shape index (κ3) is 19.4. The van der Waals surface area contributed by atoms with Crippen molar-refractivity contribution in [1.82, 2.24) is 21.3 Å². The highest BCUT2D eigenvalue weighted by molar-refractivity contribution is 14.1. The molecule has 6 nitrogen and oxygen atoms in total.